The van der Waals surface area contributed by atoms with Gasteiger partial charge in [-0.05, 0) is 29.7 Å². The van der Waals surface area contributed by atoms with Crippen LogP contribution in [0.5, 0.6) is 0 Å². The second-order valence-corrected chi connectivity index (χ2v) is 6.51. The van der Waals surface area contributed by atoms with Crippen LogP contribution in [0, 0.1) is 0 Å². The summed E-state index contributed by atoms with van der Waals surface area (Å²) in [7, 11) is 0. The maximum absolute atomic E-state index is 12.2. The molecule has 0 saturated carbocycles. The molecule has 0 saturated heterocycles. The van der Waals surface area contributed by atoms with Crippen molar-refractivity contribution in [3.05, 3.63) is 95.9 Å². The molecule has 1 aromatic heterocycles. The van der Waals surface area contributed by atoms with Crippen molar-refractivity contribution in [3.63, 3.8) is 0 Å². The van der Waals surface area contributed by atoms with Gasteiger partial charge in [0.25, 0.3) is 5.91 Å². The molecule has 0 radical (unpaired) electrons. The molecule has 3 rings (SSSR count). The van der Waals surface area contributed by atoms with Crippen LogP contribution in [0.15, 0.2) is 83.5 Å². The van der Waals surface area contributed by atoms with Crippen molar-refractivity contribution in [2.45, 2.75) is 18.8 Å². The minimum absolute atomic E-state index is 0.0240. The van der Waals surface area contributed by atoms with Gasteiger partial charge in [-0.2, -0.15) is 0 Å². The standard InChI is InChI=1S/C23H24N2O3/c26-22(14-7-15-24-23(27)21-13-8-16-28-21)25-17-20(18-9-3-1-4-10-18)19-11-5-2-6-12-19/h1-6,8-13,16,20H,7,14-15,17H2,(H,24,27)(H,25,26). The van der Waals surface area contributed by atoms with Gasteiger partial charge in [0.15, 0.2) is 5.76 Å². The molecule has 3 aromatic rings. The zero-order valence-corrected chi connectivity index (χ0v) is 15.6. The Balaban J connectivity index is 1.47. The third-order valence-corrected chi connectivity index (χ3v) is 4.52. The second-order valence-electron chi connectivity index (χ2n) is 6.51. The topological polar surface area (TPSA) is 71.3 Å². The number of furan rings is 1. The monoisotopic (exact) mass is 376 g/mol. The minimum Gasteiger partial charge on any atom is -0.459 e. The highest BCUT2D eigenvalue weighted by atomic mass is 16.3. The predicted octanol–water partition coefficient (Wildman–Crippen LogP) is 3.74. The van der Waals surface area contributed by atoms with Gasteiger partial charge in [-0.15, -0.1) is 0 Å². The lowest BCUT2D eigenvalue weighted by molar-refractivity contribution is -0.121. The maximum atomic E-state index is 12.2. The smallest absolute Gasteiger partial charge is 0.286 e. The maximum Gasteiger partial charge on any atom is 0.286 e. The fourth-order valence-electron chi connectivity index (χ4n) is 3.05. The quantitative estimate of drug-likeness (QED) is 0.559. The summed E-state index contributed by atoms with van der Waals surface area (Å²) in [5.41, 5.74) is 2.33. The van der Waals surface area contributed by atoms with Crippen molar-refractivity contribution in [2.24, 2.45) is 0 Å². The summed E-state index contributed by atoms with van der Waals surface area (Å²) in [4.78, 5) is 24.0. The van der Waals surface area contributed by atoms with E-state index in [1.165, 1.54) is 17.4 Å². The molecule has 0 atom stereocenters. The van der Waals surface area contributed by atoms with Crippen molar-refractivity contribution in [1.29, 1.82) is 0 Å². The molecule has 2 N–H and O–H groups in total. The van der Waals surface area contributed by atoms with E-state index < -0.39 is 0 Å². The molecule has 0 aliphatic heterocycles. The van der Waals surface area contributed by atoms with Crippen molar-refractivity contribution in [3.8, 4) is 0 Å². The van der Waals surface area contributed by atoms with E-state index in [0.717, 1.165) is 0 Å². The highest BCUT2D eigenvalue weighted by Crippen LogP contribution is 2.23. The van der Waals surface area contributed by atoms with Crippen molar-refractivity contribution in [1.82, 2.24) is 10.6 Å². The Labute approximate surface area is 164 Å². The summed E-state index contributed by atoms with van der Waals surface area (Å²) >= 11 is 0. The summed E-state index contributed by atoms with van der Waals surface area (Å²) in [5, 5.41) is 5.77. The Morgan fingerprint density at radius 1 is 0.821 bits per heavy atom. The van der Waals surface area contributed by atoms with Gasteiger partial charge in [0.05, 0.1) is 6.26 Å². The average molecular weight is 376 g/mol. The molecular formula is C23H24N2O3. The van der Waals surface area contributed by atoms with Crippen LogP contribution in [0.1, 0.15) is 40.4 Å². The molecular weight excluding hydrogens is 352 g/mol. The number of benzene rings is 2. The van der Waals surface area contributed by atoms with E-state index in [9.17, 15) is 9.59 Å². The van der Waals surface area contributed by atoms with Gasteiger partial charge in [-0.3, -0.25) is 9.59 Å². The second kappa shape index (κ2) is 10.1. The van der Waals surface area contributed by atoms with E-state index in [0.29, 0.717) is 25.9 Å². The van der Waals surface area contributed by atoms with Crippen LogP contribution in [-0.2, 0) is 4.79 Å². The molecule has 0 aliphatic rings. The van der Waals surface area contributed by atoms with Crippen LogP contribution in [0.2, 0.25) is 0 Å². The van der Waals surface area contributed by atoms with Crippen LogP contribution in [-0.4, -0.2) is 24.9 Å². The summed E-state index contributed by atoms with van der Waals surface area (Å²) in [6.07, 6.45) is 2.38. The van der Waals surface area contributed by atoms with Crippen LogP contribution in [0.4, 0.5) is 0 Å². The Morgan fingerprint density at radius 2 is 1.46 bits per heavy atom. The van der Waals surface area contributed by atoms with Gasteiger partial charge < -0.3 is 15.1 Å². The van der Waals surface area contributed by atoms with E-state index in [1.54, 1.807) is 12.1 Å². The van der Waals surface area contributed by atoms with Crippen molar-refractivity contribution >= 4 is 11.8 Å². The lowest BCUT2D eigenvalue weighted by Crippen LogP contribution is -2.30. The minimum atomic E-state index is -0.265. The predicted molar refractivity (Wildman–Crippen MR) is 108 cm³/mol. The fraction of sp³-hybridized carbons (Fsp3) is 0.217. The zero-order chi connectivity index (χ0) is 19.6. The highest BCUT2D eigenvalue weighted by molar-refractivity contribution is 5.91. The Kier molecular flexibility index (Phi) is 7.01. The van der Waals surface area contributed by atoms with E-state index in [1.807, 2.05) is 36.4 Å². The molecule has 0 bridgehead atoms. The average Bonchev–Trinajstić information content (AvgIpc) is 3.28. The third-order valence-electron chi connectivity index (χ3n) is 4.52. The lowest BCUT2D eigenvalue weighted by atomic mass is 9.91. The van der Waals surface area contributed by atoms with Gasteiger partial charge in [0.1, 0.15) is 0 Å². The first-order chi connectivity index (χ1) is 13.7. The van der Waals surface area contributed by atoms with Gasteiger partial charge in [0, 0.05) is 25.4 Å². The van der Waals surface area contributed by atoms with E-state index in [2.05, 4.69) is 34.9 Å². The van der Waals surface area contributed by atoms with Gasteiger partial charge >= 0.3 is 0 Å². The first-order valence-corrected chi connectivity index (χ1v) is 9.42. The zero-order valence-electron chi connectivity index (χ0n) is 15.6. The number of carbonyl (C=O) groups excluding carboxylic acids is 2. The Morgan fingerprint density at radius 3 is 2.04 bits per heavy atom. The van der Waals surface area contributed by atoms with Gasteiger partial charge in [-0.25, -0.2) is 0 Å². The van der Waals surface area contributed by atoms with Crippen molar-refractivity contribution < 1.29 is 14.0 Å². The third kappa shape index (κ3) is 5.58. The lowest BCUT2D eigenvalue weighted by Gasteiger charge is -2.19. The molecule has 144 valence electrons. The molecule has 0 unspecified atom stereocenters. The Bertz CT molecular complexity index is 822. The van der Waals surface area contributed by atoms with Crippen molar-refractivity contribution in [2.75, 3.05) is 13.1 Å². The normalized spacial score (nSPS) is 10.6. The van der Waals surface area contributed by atoms with Crippen LogP contribution in [0.3, 0.4) is 0 Å². The molecule has 0 spiro atoms. The first kappa shape index (κ1) is 19.4. The molecule has 2 amide bonds. The molecule has 0 aliphatic carbocycles. The highest BCUT2D eigenvalue weighted by Gasteiger charge is 2.15. The van der Waals surface area contributed by atoms with Crippen LogP contribution in [0.25, 0.3) is 0 Å². The molecule has 28 heavy (non-hydrogen) atoms. The largest absolute Gasteiger partial charge is 0.459 e. The van der Waals surface area contributed by atoms with Gasteiger partial charge in [0.2, 0.25) is 5.91 Å². The summed E-state index contributed by atoms with van der Waals surface area (Å²) in [5.74, 6) is 0.0887. The Hall–Kier alpha value is -3.34. The number of nitrogens with one attached hydrogen (secondary N) is 2. The fourth-order valence-corrected chi connectivity index (χ4v) is 3.05. The first-order valence-electron chi connectivity index (χ1n) is 9.42. The van der Waals surface area contributed by atoms with Gasteiger partial charge in [-0.1, -0.05) is 60.7 Å². The SMILES string of the molecule is O=C(CCCNC(=O)c1ccco1)NCC(c1ccccc1)c1ccccc1. The summed E-state index contributed by atoms with van der Waals surface area (Å²) < 4.78 is 5.03. The number of carbonyl (C=O) groups is 2. The molecule has 1 heterocycles. The summed E-state index contributed by atoms with van der Waals surface area (Å²) in [6, 6.07) is 23.6. The number of hydrogen-bond acceptors (Lipinski definition) is 3. The number of amides is 2. The number of hydrogen-bond donors (Lipinski definition) is 2. The number of rotatable bonds is 9. The van der Waals surface area contributed by atoms with Crippen LogP contribution < -0.4 is 10.6 Å². The van der Waals surface area contributed by atoms with E-state index >= 15 is 0 Å². The summed E-state index contributed by atoms with van der Waals surface area (Å²) in [6.45, 7) is 0.958. The van der Waals surface area contributed by atoms with E-state index in [-0.39, 0.29) is 23.5 Å². The van der Waals surface area contributed by atoms with E-state index in [4.69, 9.17) is 4.42 Å². The molecule has 5 nitrogen and oxygen atoms in total. The molecule has 0 fully saturated rings. The molecule has 5 heteroatoms. The van der Waals surface area contributed by atoms with Crippen LogP contribution >= 0.6 is 0 Å². The molecule has 2 aromatic carbocycles.